The standard InChI is InChI=1S/C13H11NO5/c15-8-4-7(5-9(16)6-8)13(19)14-12-10(17)2-1-3-11(12)18/h1-6,15-18H,(H,14,19). The Balaban J connectivity index is 2.31. The van der Waals surface area contributed by atoms with Gasteiger partial charge in [-0.3, -0.25) is 4.79 Å². The zero-order valence-corrected chi connectivity index (χ0v) is 9.66. The lowest BCUT2D eigenvalue weighted by molar-refractivity contribution is 0.102. The Labute approximate surface area is 108 Å². The summed E-state index contributed by atoms with van der Waals surface area (Å²) in [6.45, 7) is 0. The van der Waals surface area contributed by atoms with Crippen molar-refractivity contribution in [3.8, 4) is 23.0 Å². The Morgan fingerprint density at radius 3 is 1.95 bits per heavy atom. The highest BCUT2D eigenvalue weighted by Gasteiger charge is 2.13. The molecule has 0 saturated carbocycles. The molecular formula is C13H11NO5. The third-order valence-electron chi connectivity index (χ3n) is 2.42. The van der Waals surface area contributed by atoms with E-state index in [1.807, 2.05) is 0 Å². The highest BCUT2D eigenvalue weighted by atomic mass is 16.3. The van der Waals surface area contributed by atoms with E-state index < -0.39 is 5.91 Å². The molecule has 0 radical (unpaired) electrons. The number of rotatable bonds is 2. The van der Waals surface area contributed by atoms with Gasteiger partial charge in [-0.25, -0.2) is 0 Å². The van der Waals surface area contributed by atoms with Crippen LogP contribution in [0.4, 0.5) is 5.69 Å². The maximum Gasteiger partial charge on any atom is 0.256 e. The number of hydrogen-bond donors (Lipinski definition) is 5. The molecule has 0 aliphatic heterocycles. The molecule has 1 amide bonds. The number of benzene rings is 2. The molecule has 0 aliphatic rings. The van der Waals surface area contributed by atoms with E-state index in [1.54, 1.807) is 0 Å². The number of nitrogens with one attached hydrogen (secondary N) is 1. The van der Waals surface area contributed by atoms with Crippen LogP contribution in [0.3, 0.4) is 0 Å². The summed E-state index contributed by atoms with van der Waals surface area (Å²) in [6.07, 6.45) is 0. The van der Waals surface area contributed by atoms with Crippen LogP contribution < -0.4 is 5.32 Å². The summed E-state index contributed by atoms with van der Waals surface area (Å²) in [5.41, 5.74) is -0.157. The van der Waals surface area contributed by atoms with Crippen LogP contribution in [-0.4, -0.2) is 26.3 Å². The number of carbonyl (C=O) groups is 1. The predicted molar refractivity (Wildman–Crippen MR) is 67.5 cm³/mol. The molecule has 0 spiro atoms. The normalized spacial score (nSPS) is 10.1. The number of carbonyl (C=O) groups excluding carboxylic acids is 1. The third-order valence-corrected chi connectivity index (χ3v) is 2.42. The monoisotopic (exact) mass is 261 g/mol. The molecule has 98 valence electrons. The molecule has 0 aliphatic carbocycles. The number of aromatic hydroxyl groups is 4. The molecule has 0 saturated heterocycles. The van der Waals surface area contributed by atoms with Crippen molar-refractivity contribution in [3.63, 3.8) is 0 Å². The number of phenols is 4. The minimum Gasteiger partial charge on any atom is -0.508 e. The van der Waals surface area contributed by atoms with Gasteiger partial charge in [0.2, 0.25) is 0 Å². The Kier molecular flexibility index (Phi) is 3.15. The molecule has 0 aromatic heterocycles. The van der Waals surface area contributed by atoms with E-state index in [1.165, 1.54) is 18.2 Å². The fourth-order valence-corrected chi connectivity index (χ4v) is 1.57. The minimum atomic E-state index is -0.692. The molecular weight excluding hydrogens is 250 g/mol. The van der Waals surface area contributed by atoms with Crippen LogP contribution in [0.15, 0.2) is 36.4 Å². The van der Waals surface area contributed by atoms with E-state index in [4.69, 9.17) is 0 Å². The Morgan fingerprint density at radius 2 is 1.42 bits per heavy atom. The van der Waals surface area contributed by atoms with Crippen molar-refractivity contribution in [2.45, 2.75) is 0 Å². The van der Waals surface area contributed by atoms with Crippen LogP contribution >= 0.6 is 0 Å². The molecule has 5 N–H and O–H groups in total. The van der Waals surface area contributed by atoms with Crippen molar-refractivity contribution in [2.75, 3.05) is 5.32 Å². The van der Waals surface area contributed by atoms with Gasteiger partial charge in [0.1, 0.15) is 28.7 Å². The Morgan fingerprint density at radius 1 is 0.895 bits per heavy atom. The van der Waals surface area contributed by atoms with Gasteiger partial charge in [-0.15, -0.1) is 0 Å². The lowest BCUT2D eigenvalue weighted by atomic mass is 10.1. The lowest BCUT2D eigenvalue weighted by Crippen LogP contribution is -2.12. The van der Waals surface area contributed by atoms with E-state index in [0.717, 1.165) is 18.2 Å². The topological polar surface area (TPSA) is 110 Å². The average Bonchev–Trinajstić information content (AvgIpc) is 2.32. The van der Waals surface area contributed by atoms with Gasteiger partial charge in [-0.05, 0) is 24.3 Å². The van der Waals surface area contributed by atoms with Crippen molar-refractivity contribution < 1.29 is 25.2 Å². The summed E-state index contributed by atoms with van der Waals surface area (Å²) in [4.78, 5) is 11.9. The van der Waals surface area contributed by atoms with Crippen molar-refractivity contribution >= 4 is 11.6 Å². The van der Waals surface area contributed by atoms with E-state index in [-0.39, 0.29) is 34.2 Å². The van der Waals surface area contributed by atoms with Crippen LogP contribution in [-0.2, 0) is 0 Å². The molecule has 0 unspecified atom stereocenters. The maximum absolute atomic E-state index is 11.9. The van der Waals surface area contributed by atoms with Gasteiger partial charge in [-0.2, -0.15) is 0 Å². The Hall–Kier alpha value is -2.89. The van der Waals surface area contributed by atoms with Gasteiger partial charge in [0, 0.05) is 11.6 Å². The van der Waals surface area contributed by atoms with Gasteiger partial charge in [0.15, 0.2) is 0 Å². The van der Waals surface area contributed by atoms with Gasteiger partial charge >= 0.3 is 0 Å². The minimum absolute atomic E-state index is 0.0137. The van der Waals surface area contributed by atoms with Crippen LogP contribution in [0, 0.1) is 0 Å². The summed E-state index contributed by atoms with van der Waals surface area (Å²) in [5.74, 6) is -1.82. The lowest BCUT2D eigenvalue weighted by Gasteiger charge is -2.09. The fraction of sp³-hybridized carbons (Fsp3) is 0. The molecule has 0 fully saturated rings. The van der Waals surface area contributed by atoms with Crippen molar-refractivity contribution in [1.82, 2.24) is 0 Å². The zero-order valence-electron chi connectivity index (χ0n) is 9.66. The first-order chi connectivity index (χ1) is 8.97. The average molecular weight is 261 g/mol. The maximum atomic E-state index is 11.9. The van der Waals surface area contributed by atoms with E-state index in [0.29, 0.717) is 0 Å². The third kappa shape index (κ3) is 2.68. The van der Waals surface area contributed by atoms with Crippen molar-refractivity contribution in [1.29, 1.82) is 0 Å². The number of amides is 1. The largest absolute Gasteiger partial charge is 0.508 e. The molecule has 2 rings (SSSR count). The fourth-order valence-electron chi connectivity index (χ4n) is 1.57. The molecule has 0 atom stereocenters. The molecule has 0 bridgehead atoms. The molecule has 2 aromatic rings. The van der Waals surface area contributed by atoms with Gasteiger partial charge in [-0.1, -0.05) is 6.07 Å². The van der Waals surface area contributed by atoms with Crippen molar-refractivity contribution in [2.24, 2.45) is 0 Å². The highest BCUT2D eigenvalue weighted by molar-refractivity contribution is 6.06. The summed E-state index contributed by atoms with van der Waals surface area (Å²) in [6, 6.07) is 7.39. The smallest absolute Gasteiger partial charge is 0.256 e. The molecule has 19 heavy (non-hydrogen) atoms. The summed E-state index contributed by atoms with van der Waals surface area (Å²) in [7, 11) is 0. The van der Waals surface area contributed by atoms with Crippen molar-refractivity contribution in [3.05, 3.63) is 42.0 Å². The summed E-state index contributed by atoms with van der Waals surface area (Å²) in [5, 5.41) is 39.9. The summed E-state index contributed by atoms with van der Waals surface area (Å²) >= 11 is 0. The second-order valence-electron chi connectivity index (χ2n) is 3.86. The predicted octanol–water partition coefficient (Wildman–Crippen LogP) is 1.76. The number of anilines is 1. The molecule has 0 heterocycles. The van der Waals surface area contributed by atoms with Crippen LogP contribution in [0.25, 0.3) is 0 Å². The molecule has 6 heteroatoms. The van der Waals surface area contributed by atoms with Gasteiger partial charge < -0.3 is 25.7 Å². The summed E-state index contributed by atoms with van der Waals surface area (Å²) < 4.78 is 0. The molecule has 2 aromatic carbocycles. The number of para-hydroxylation sites is 1. The second kappa shape index (κ2) is 4.77. The van der Waals surface area contributed by atoms with Crippen LogP contribution in [0.5, 0.6) is 23.0 Å². The second-order valence-corrected chi connectivity index (χ2v) is 3.86. The van der Waals surface area contributed by atoms with Gasteiger partial charge in [0.25, 0.3) is 5.91 Å². The van der Waals surface area contributed by atoms with E-state index >= 15 is 0 Å². The van der Waals surface area contributed by atoms with E-state index in [2.05, 4.69) is 5.32 Å². The van der Waals surface area contributed by atoms with Crippen LogP contribution in [0.2, 0.25) is 0 Å². The quantitative estimate of drug-likeness (QED) is 0.529. The Bertz CT molecular complexity index is 598. The first-order valence-electron chi connectivity index (χ1n) is 5.32. The van der Waals surface area contributed by atoms with Crippen LogP contribution in [0.1, 0.15) is 10.4 Å². The first-order valence-corrected chi connectivity index (χ1v) is 5.32. The van der Waals surface area contributed by atoms with Gasteiger partial charge in [0.05, 0.1) is 0 Å². The molecule has 6 nitrogen and oxygen atoms in total. The number of hydrogen-bond acceptors (Lipinski definition) is 5. The van der Waals surface area contributed by atoms with E-state index in [9.17, 15) is 25.2 Å². The highest BCUT2D eigenvalue weighted by Crippen LogP contribution is 2.33. The first kappa shape index (κ1) is 12.6. The zero-order chi connectivity index (χ0) is 14.0. The number of phenolic OH excluding ortho intramolecular Hbond substituents is 4. The SMILES string of the molecule is O=C(Nc1c(O)cccc1O)c1cc(O)cc(O)c1.